The molecule has 4 heterocycles. The number of hydrogen-bond donors (Lipinski definition) is 0. The normalized spacial score (nSPS) is 19.7. The summed E-state index contributed by atoms with van der Waals surface area (Å²) < 4.78 is 3.94. The molecule has 0 bridgehead atoms. The first-order valence-electron chi connectivity index (χ1n) is 14.9. The molecule has 3 fully saturated rings. The molecule has 2 aromatic heterocycles. The number of carbonyl (C=O) groups excluding carboxylic acids is 1. The third-order valence-corrected chi connectivity index (χ3v) is 9.30. The maximum absolute atomic E-state index is 13.4. The topological polar surface area (TPSA) is 62.9 Å². The van der Waals surface area contributed by atoms with Crippen LogP contribution in [0.4, 0.5) is 11.5 Å². The molecule has 202 valence electrons. The van der Waals surface area contributed by atoms with Crippen molar-refractivity contribution in [3.63, 3.8) is 0 Å². The number of amides is 1. The molecular weight excluding hydrogens is 474 g/mol. The summed E-state index contributed by atoms with van der Waals surface area (Å²) in [5, 5.41) is 0. The van der Waals surface area contributed by atoms with Crippen molar-refractivity contribution in [1.82, 2.24) is 14.0 Å². The van der Waals surface area contributed by atoms with Gasteiger partial charge in [-0.05, 0) is 61.6 Å². The van der Waals surface area contributed by atoms with E-state index in [1.54, 1.807) is 10.5 Å². The van der Waals surface area contributed by atoms with E-state index in [9.17, 15) is 9.59 Å². The van der Waals surface area contributed by atoms with Crippen molar-refractivity contribution in [2.24, 2.45) is 5.41 Å². The quantitative estimate of drug-likeness (QED) is 0.361. The van der Waals surface area contributed by atoms with Gasteiger partial charge >= 0.3 is 0 Å². The number of nitrogens with zero attached hydrogens (tertiary/aromatic N) is 5. The smallest absolute Gasteiger partial charge is 0.261 e. The Bertz CT molecular complexity index is 1340. The lowest BCUT2D eigenvalue weighted by atomic mass is 9.68. The Labute approximate surface area is 225 Å². The molecule has 7 nitrogen and oxygen atoms in total. The van der Waals surface area contributed by atoms with Gasteiger partial charge < -0.3 is 14.4 Å². The zero-order valence-corrected chi connectivity index (χ0v) is 22.8. The van der Waals surface area contributed by atoms with Gasteiger partial charge in [0.2, 0.25) is 11.7 Å². The predicted octanol–water partition coefficient (Wildman–Crippen LogP) is 6.03. The number of piperidine rings is 1. The van der Waals surface area contributed by atoms with Crippen LogP contribution in [-0.2, 0) is 11.3 Å². The maximum atomic E-state index is 13.4. The van der Waals surface area contributed by atoms with Gasteiger partial charge in [0.1, 0.15) is 5.82 Å². The van der Waals surface area contributed by atoms with Crippen LogP contribution in [-0.4, -0.2) is 39.5 Å². The van der Waals surface area contributed by atoms with Crippen LogP contribution in [0, 0.1) is 5.41 Å². The van der Waals surface area contributed by atoms with Crippen LogP contribution in [0.15, 0.2) is 41.3 Å². The number of rotatable bonds is 7. The van der Waals surface area contributed by atoms with Crippen molar-refractivity contribution < 1.29 is 4.79 Å². The van der Waals surface area contributed by atoms with Crippen molar-refractivity contribution in [3.05, 3.63) is 46.9 Å². The molecule has 0 unspecified atom stereocenters. The summed E-state index contributed by atoms with van der Waals surface area (Å²) in [5.41, 5.74) is 3.50. The molecule has 7 heteroatoms. The van der Waals surface area contributed by atoms with Gasteiger partial charge in [0.05, 0.1) is 5.69 Å². The van der Waals surface area contributed by atoms with Crippen molar-refractivity contribution in [2.75, 3.05) is 29.4 Å². The summed E-state index contributed by atoms with van der Waals surface area (Å²) >= 11 is 0. The van der Waals surface area contributed by atoms with Crippen LogP contribution in [0.1, 0.15) is 84.0 Å². The molecule has 3 aromatic rings. The van der Waals surface area contributed by atoms with E-state index in [1.165, 1.54) is 44.9 Å². The molecule has 1 aliphatic carbocycles. The van der Waals surface area contributed by atoms with Crippen LogP contribution < -0.4 is 15.4 Å². The molecule has 0 atom stereocenters. The highest BCUT2D eigenvalue weighted by Gasteiger charge is 2.36. The second-order valence-corrected chi connectivity index (χ2v) is 11.7. The number of unbranched alkanes of at least 4 members (excludes halogenated alkanes) is 2. The van der Waals surface area contributed by atoms with Crippen LogP contribution in [0.25, 0.3) is 17.0 Å². The summed E-state index contributed by atoms with van der Waals surface area (Å²) in [6.45, 7) is 5.80. The Kier molecular flexibility index (Phi) is 7.02. The van der Waals surface area contributed by atoms with E-state index in [1.807, 2.05) is 23.2 Å². The van der Waals surface area contributed by atoms with Gasteiger partial charge in [-0.3, -0.25) is 14.0 Å². The fourth-order valence-corrected chi connectivity index (χ4v) is 6.96. The summed E-state index contributed by atoms with van der Waals surface area (Å²) in [5.74, 6) is 1.75. The van der Waals surface area contributed by atoms with E-state index in [2.05, 4.69) is 28.5 Å². The molecule has 1 saturated carbocycles. The Morgan fingerprint density at radius 1 is 0.895 bits per heavy atom. The first-order valence-corrected chi connectivity index (χ1v) is 14.9. The highest BCUT2D eigenvalue weighted by molar-refractivity contribution is 5.95. The molecule has 1 spiro atoms. The fourth-order valence-electron chi connectivity index (χ4n) is 6.96. The largest absolute Gasteiger partial charge is 0.356 e. The Morgan fingerprint density at radius 2 is 1.66 bits per heavy atom. The van der Waals surface area contributed by atoms with Gasteiger partial charge in [-0.1, -0.05) is 51.2 Å². The molecule has 1 amide bonds. The summed E-state index contributed by atoms with van der Waals surface area (Å²) in [7, 11) is 0. The van der Waals surface area contributed by atoms with Crippen LogP contribution in [0.3, 0.4) is 0 Å². The second kappa shape index (κ2) is 10.6. The minimum Gasteiger partial charge on any atom is -0.356 e. The predicted molar refractivity (Wildman–Crippen MR) is 153 cm³/mol. The number of benzene rings is 1. The standard InChI is InChI=1S/C31H41N5O2/c1-2-3-7-18-35-26(24-10-12-25(13-11-24)34-19-8-9-28(34)37)23-36-29(38)22-27(32-30(35)36)33-20-16-31(17-21-33)14-5-4-6-15-31/h10-13,22-23H,2-9,14-21H2,1H3. The molecule has 6 rings (SSSR count). The number of hydrogen-bond acceptors (Lipinski definition) is 4. The van der Waals surface area contributed by atoms with Gasteiger partial charge in [0.25, 0.3) is 5.56 Å². The SMILES string of the molecule is CCCCCn1c(-c2ccc(N3CCCC3=O)cc2)cn2c(=O)cc(N3CCC4(CCCCC4)CC3)nc12. The van der Waals surface area contributed by atoms with Crippen LogP contribution in [0.5, 0.6) is 0 Å². The van der Waals surface area contributed by atoms with E-state index in [0.29, 0.717) is 11.8 Å². The summed E-state index contributed by atoms with van der Waals surface area (Å²) in [4.78, 5) is 34.9. The Balaban J connectivity index is 1.32. The Morgan fingerprint density at radius 3 is 2.34 bits per heavy atom. The number of fused-ring (bicyclic) bond motifs is 1. The van der Waals surface area contributed by atoms with E-state index in [0.717, 1.165) is 80.4 Å². The van der Waals surface area contributed by atoms with Crippen LogP contribution in [0.2, 0.25) is 0 Å². The molecular formula is C31H41N5O2. The summed E-state index contributed by atoms with van der Waals surface area (Å²) in [6, 6.07) is 9.94. The zero-order chi connectivity index (χ0) is 26.1. The highest BCUT2D eigenvalue weighted by Crippen LogP contribution is 2.45. The van der Waals surface area contributed by atoms with E-state index in [-0.39, 0.29) is 11.5 Å². The minimum atomic E-state index is -0.0160. The van der Waals surface area contributed by atoms with Gasteiger partial charge in [-0.25, -0.2) is 0 Å². The van der Waals surface area contributed by atoms with Gasteiger partial charge in [-0.2, -0.15) is 4.98 Å². The van der Waals surface area contributed by atoms with Crippen molar-refractivity contribution >= 4 is 23.2 Å². The lowest BCUT2D eigenvalue weighted by molar-refractivity contribution is -0.117. The van der Waals surface area contributed by atoms with E-state index in [4.69, 9.17) is 4.98 Å². The molecule has 2 aliphatic heterocycles. The van der Waals surface area contributed by atoms with Gasteiger partial charge in [-0.15, -0.1) is 0 Å². The number of aryl methyl sites for hydroxylation is 1. The van der Waals surface area contributed by atoms with E-state index >= 15 is 0 Å². The molecule has 3 aliphatic rings. The second-order valence-electron chi connectivity index (χ2n) is 11.7. The maximum Gasteiger partial charge on any atom is 0.261 e. The number of aromatic nitrogens is 3. The lowest BCUT2D eigenvalue weighted by Crippen LogP contribution is -2.42. The third-order valence-electron chi connectivity index (χ3n) is 9.30. The molecule has 0 N–H and O–H groups in total. The molecule has 1 aromatic carbocycles. The number of imidazole rings is 1. The molecule has 0 radical (unpaired) electrons. The van der Waals surface area contributed by atoms with Crippen molar-refractivity contribution in [2.45, 2.75) is 90.5 Å². The fraction of sp³-hybridized carbons (Fsp3) is 0.581. The first kappa shape index (κ1) is 25.2. The molecule has 38 heavy (non-hydrogen) atoms. The monoisotopic (exact) mass is 515 g/mol. The zero-order valence-electron chi connectivity index (χ0n) is 22.8. The van der Waals surface area contributed by atoms with Crippen molar-refractivity contribution in [1.29, 1.82) is 0 Å². The first-order chi connectivity index (χ1) is 18.6. The van der Waals surface area contributed by atoms with E-state index < -0.39 is 0 Å². The molecule has 2 saturated heterocycles. The lowest BCUT2D eigenvalue weighted by Gasteiger charge is -2.44. The minimum absolute atomic E-state index is 0.0160. The average molecular weight is 516 g/mol. The summed E-state index contributed by atoms with van der Waals surface area (Å²) in [6.07, 6.45) is 16.1. The number of carbonyl (C=O) groups is 1. The highest BCUT2D eigenvalue weighted by atomic mass is 16.2. The average Bonchev–Trinajstić information content (AvgIpc) is 3.54. The van der Waals surface area contributed by atoms with Gasteiger partial charge in [0.15, 0.2) is 0 Å². The third kappa shape index (κ3) is 4.76. The number of anilines is 2. The Hall–Kier alpha value is -3.09. The van der Waals surface area contributed by atoms with Crippen LogP contribution >= 0.6 is 0 Å². The van der Waals surface area contributed by atoms with Crippen molar-refractivity contribution in [3.8, 4) is 11.3 Å². The van der Waals surface area contributed by atoms with Gasteiger partial charge in [0, 0.05) is 50.6 Å².